The van der Waals surface area contributed by atoms with Gasteiger partial charge in [0.1, 0.15) is 16.8 Å². The van der Waals surface area contributed by atoms with E-state index in [2.05, 4.69) is 24.1 Å². The number of ether oxygens (including phenoxy) is 1. The molecular formula is C37H56N4O5S. The lowest BCUT2D eigenvalue weighted by Crippen LogP contribution is -2.44. The van der Waals surface area contributed by atoms with Crippen LogP contribution in [-0.2, 0) is 20.7 Å². The Balaban J connectivity index is 0.00000171. The molecular weight excluding hydrogens is 612 g/mol. The van der Waals surface area contributed by atoms with Gasteiger partial charge in [-0.2, -0.15) is 0 Å². The summed E-state index contributed by atoms with van der Waals surface area (Å²) in [5.74, 6) is -0.847. The molecule has 0 aliphatic heterocycles. The van der Waals surface area contributed by atoms with Crippen molar-refractivity contribution >= 4 is 29.1 Å². The number of aliphatic hydroxyl groups excluding tert-OH is 1. The van der Waals surface area contributed by atoms with Crippen LogP contribution in [0, 0.1) is 5.92 Å². The summed E-state index contributed by atoms with van der Waals surface area (Å²) >= 11 is 1.19. The second kappa shape index (κ2) is 22.8. The highest BCUT2D eigenvalue weighted by Gasteiger charge is 2.27. The first-order valence-electron chi connectivity index (χ1n) is 16.7. The molecule has 9 nitrogen and oxygen atoms in total. The molecule has 0 bridgehead atoms. The van der Waals surface area contributed by atoms with Crippen LogP contribution < -0.4 is 11.1 Å². The number of esters is 1. The molecule has 0 aliphatic rings. The van der Waals surface area contributed by atoms with Crippen molar-refractivity contribution in [1.29, 1.82) is 0 Å². The summed E-state index contributed by atoms with van der Waals surface area (Å²) in [4.78, 5) is 43.1. The lowest BCUT2D eigenvalue weighted by atomic mass is 9.96. The molecule has 47 heavy (non-hydrogen) atoms. The van der Waals surface area contributed by atoms with Crippen LogP contribution in [0.4, 0.5) is 0 Å². The molecule has 0 spiro atoms. The van der Waals surface area contributed by atoms with E-state index >= 15 is 0 Å². The molecule has 260 valence electrons. The molecule has 10 heteroatoms. The van der Waals surface area contributed by atoms with E-state index in [0.717, 1.165) is 16.7 Å². The molecule has 0 radical (unpaired) electrons. The maximum atomic E-state index is 13.2. The highest BCUT2D eigenvalue weighted by molar-refractivity contribution is 7.09. The van der Waals surface area contributed by atoms with Gasteiger partial charge in [0.15, 0.2) is 0 Å². The lowest BCUT2D eigenvalue weighted by Gasteiger charge is -2.32. The average molecular weight is 669 g/mol. The van der Waals surface area contributed by atoms with Crippen LogP contribution in [0.15, 0.2) is 60.0 Å². The second-order valence-electron chi connectivity index (χ2n) is 11.4. The third-order valence-electron chi connectivity index (χ3n) is 7.64. The summed E-state index contributed by atoms with van der Waals surface area (Å²) in [6, 6.07) is 17.6. The predicted molar refractivity (Wildman–Crippen MR) is 192 cm³/mol. The van der Waals surface area contributed by atoms with Crippen LogP contribution in [0.3, 0.4) is 0 Å². The zero-order chi connectivity index (χ0) is 35.4. The molecule has 3 unspecified atom stereocenters. The van der Waals surface area contributed by atoms with Crippen molar-refractivity contribution in [3.8, 4) is 11.1 Å². The molecule has 4 N–H and O–H groups in total. The van der Waals surface area contributed by atoms with Crippen molar-refractivity contribution in [3.63, 3.8) is 0 Å². The molecule has 2 amide bonds. The van der Waals surface area contributed by atoms with E-state index in [0.29, 0.717) is 17.8 Å². The number of rotatable bonds is 15. The van der Waals surface area contributed by atoms with Crippen LogP contribution in [0.5, 0.6) is 0 Å². The van der Waals surface area contributed by atoms with Crippen molar-refractivity contribution in [3.05, 3.63) is 76.2 Å². The average Bonchev–Trinajstić information content (AvgIpc) is 3.61. The van der Waals surface area contributed by atoms with Crippen LogP contribution in [0.2, 0.25) is 0 Å². The molecule has 1 aromatic heterocycles. The number of aromatic nitrogens is 1. The second-order valence-corrected chi connectivity index (χ2v) is 12.3. The number of nitrogens with two attached hydrogens (primary N) is 1. The summed E-state index contributed by atoms with van der Waals surface area (Å²) in [5.41, 5.74) is 8.95. The van der Waals surface area contributed by atoms with Gasteiger partial charge in [-0.05, 0) is 35.4 Å². The maximum absolute atomic E-state index is 13.2. The van der Waals surface area contributed by atoms with Crippen LogP contribution in [-0.4, -0.2) is 65.6 Å². The first-order chi connectivity index (χ1) is 22.5. The number of thiazole rings is 1. The Morgan fingerprint density at radius 1 is 1.00 bits per heavy atom. The maximum Gasteiger partial charge on any atom is 0.305 e. The van der Waals surface area contributed by atoms with Crippen molar-refractivity contribution in [2.45, 2.75) is 98.3 Å². The Kier molecular flexibility index (Phi) is 20.1. The monoisotopic (exact) mass is 668 g/mol. The van der Waals surface area contributed by atoms with Gasteiger partial charge in [0.2, 0.25) is 5.91 Å². The Morgan fingerprint density at radius 3 is 2.13 bits per heavy atom. The minimum Gasteiger partial charge on any atom is -0.469 e. The van der Waals surface area contributed by atoms with Gasteiger partial charge in [-0.3, -0.25) is 14.4 Å². The third kappa shape index (κ3) is 14.4. The predicted octanol–water partition coefficient (Wildman–Crippen LogP) is 6.80. The van der Waals surface area contributed by atoms with Gasteiger partial charge < -0.3 is 25.8 Å². The topological polar surface area (TPSA) is 135 Å². The largest absolute Gasteiger partial charge is 0.469 e. The molecule has 2 aromatic carbocycles. The Hall–Kier alpha value is -3.60. The normalized spacial score (nSPS) is 12.4. The van der Waals surface area contributed by atoms with E-state index in [1.165, 1.54) is 31.3 Å². The highest BCUT2D eigenvalue weighted by atomic mass is 32.1. The van der Waals surface area contributed by atoms with Crippen LogP contribution in [0.25, 0.3) is 11.1 Å². The number of nitrogens with one attached hydrogen (secondary N) is 1. The summed E-state index contributed by atoms with van der Waals surface area (Å²) < 4.78 is 4.80. The fourth-order valence-electron chi connectivity index (χ4n) is 4.71. The van der Waals surface area contributed by atoms with Gasteiger partial charge in [-0.25, -0.2) is 4.98 Å². The zero-order valence-electron chi connectivity index (χ0n) is 29.5. The lowest BCUT2D eigenvalue weighted by molar-refractivity contribution is -0.140. The zero-order valence-corrected chi connectivity index (χ0v) is 30.3. The molecule has 0 fully saturated rings. The fraction of sp³-hybridized carbons (Fsp3) is 0.514. The van der Waals surface area contributed by atoms with E-state index < -0.39 is 6.10 Å². The van der Waals surface area contributed by atoms with Crippen molar-refractivity contribution in [2.75, 3.05) is 20.7 Å². The summed E-state index contributed by atoms with van der Waals surface area (Å²) in [7, 11) is 3.02. The Morgan fingerprint density at radius 2 is 1.60 bits per heavy atom. The van der Waals surface area contributed by atoms with Gasteiger partial charge in [0, 0.05) is 37.4 Å². The van der Waals surface area contributed by atoms with E-state index in [9.17, 15) is 19.5 Å². The Labute approximate surface area is 285 Å². The van der Waals surface area contributed by atoms with Gasteiger partial charge >= 0.3 is 5.97 Å². The van der Waals surface area contributed by atoms with Crippen LogP contribution >= 0.6 is 11.3 Å². The highest BCUT2D eigenvalue weighted by Crippen LogP contribution is 2.27. The van der Waals surface area contributed by atoms with E-state index in [-0.39, 0.29) is 60.9 Å². The number of likely N-dealkylation sites (N-methyl/N-ethyl adjacent to an activating group) is 1. The molecule has 3 aromatic rings. The number of aliphatic hydroxyl groups is 1. The van der Waals surface area contributed by atoms with E-state index in [1.54, 1.807) is 17.3 Å². The van der Waals surface area contributed by atoms with Crippen molar-refractivity contribution in [1.82, 2.24) is 15.2 Å². The standard InChI is InChI=1S/C31H40N4O5S.C4H10.C2H6/c1-20(2)26(35(3)28(37)18-32)17-27(36)31-34-25(19-41-31)30(39)33-24(14-15-29(38)40-4)16-21-10-12-23(13-11-21)22-8-6-5-7-9-22;1-3-4-2;1-2/h5-13,19-20,24,26-27,36H,14-18,32H2,1-4H3,(H,33,39);3-4H2,1-2H3;1-2H3. The quantitative estimate of drug-likeness (QED) is 0.152. The summed E-state index contributed by atoms with van der Waals surface area (Å²) in [5, 5.41) is 15.9. The minimum atomic E-state index is -0.944. The van der Waals surface area contributed by atoms with Crippen LogP contribution in [0.1, 0.15) is 101 Å². The number of hydrogen-bond acceptors (Lipinski definition) is 8. The Bertz CT molecular complexity index is 1310. The number of carbonyl (C=O) groups is 3. The molecule has 0 saturated carbocycles. The first-order valence-corrected chi connectivity index (χ1v) is 17.5. The fourth-order valence-corrected chi connectivity index (χ4v) is 5.50. The van der Waals surface area contributed by atoms with Gasteiger partial charge in [0.25, 0.3) is 5.91 Å². The summed E-state index contributed by atoms with van der Waals surface area (Å²) in [6.45, 7) is 12.2. The third-order valence-corrected chi connectivity index (χ3v) is 8.59. The smallest absolute Gasteiger partial charge is 0.305 e. The van der Waals surface area contributed by atoms with Gasteiger partial charge in [-0.1, -0.05) is 109 Å². The van der Waals surface area contributed by atoms with Gasteiger partial charge in [-0.15, -0.1) is 11.3 Å². The number of unbranched alkanes of at least 4 members (excludes halogenated alkanes) is 1. The van der Waals surface area contributed by atoms with Crippen molar-refractivity contribution < 1.29 is 24.2 Å². The SMILES string of the molecule is CC.CCCC.COC(=O)CCC(Cc1ccc(-c2ccccc2)cc1)NC(=O)c1csc(C(O)CC(C(C)C)N(C)C(=O)CN)n1. The molecule has 0 saturated heterocycles. The molecule has 3 atom stereocenters. The summed E-state index contributed by atoms with van der Waals surface area (Å²) in [6.07, 6.45) is 3.05. The van der Waals surface area contributed by atoms with E-state index in [4.69, 9.17) is 10.5 Å². The number of hydrogen-bond donors (Lipinski definition) is 3. The van der Waals surface area contributed by atoms with Gasteiger partial charge in [0.05, 0.1) is 13.7 Å². The van der Waals surface area contributed by atoms with Crippen molar-refractivity contribution in [2.24, 2.45) is 11.7 Å². The first kappa shape index (κ1) is 41.4. The number of amides is 2. The number of carbonyl (C=O) groups excluding carboxylic acids is 3. The van der Waals surface area contributed by atoms with E-state index in [1.807, 2.05) is 82.3 Å². The molecule has 0 aliphatic carbocycles. The number of methoxy groups -OCH3 is 1. The molecule has 1 heterocycles. The number of benzene rings is 2. The molecule has 3 rings (SSSR count). The number of nitrogens with zero attached hydrogens (tertiary/aromatic N) is 2. The minimum absolute atomic E-state index is 0.0882.